The van der Waals surface area contributed by atoms with Gasteiger partial charge in [-0.25, -0.2) is 0 Å². The number of rotatable bonds is 2. The molecule has 0 spiro atoms. The third-order valence-corrected chi connectivity index (χ3v) is 4.33. The maximum absolute atomic E-state index is 3.65. The van der Waals surface area contributed by atoms with Crippen molar-refractivity contribution in [2.45, 2.75) is 32.2 Å². The summed E-state index contributed by atoms with van der Waals surface area (Å²) in [5, 5.41) is 3.65. The Morgan fingerprint density at radius 2 is 1.84 bits per heavy atom. The molecule has 3 rings (SSSR count). The minimum Gasteiger partial charge on any atom is -0.308 e. The number of hydrogen-bond donors (Lipinski definition) is 1. The van der Waals surface area contributed by atoms with Crippen molar-refractivity contribution in [1.29, 1.82) is 0 Å². The van der Waals surface area contributed by atoms with Gasteiger partial charge >= 0.3 is 0 Å². The third-order valence-electron chi connectivity index (χ3n) is 4.33. The van der Waals surface area contributed by atoms with E-state index in [1.54, 1.807) is 0 Å². The minimum atomic E-state index is 0.150. The van der Waals surface area contributed by atoms with Crippen LogP contribution in [-0.4, -0.2) is 6.54 Å². The van der Waals surface area contributed by atoms with E-state index in [4.69, 9.17) is 0 Å². The molecule has 19 heavy (non-hydrogen) atoms. The molecule has 1 heteroatoms. The van der Waals surface area contributed by atoms with E-state index in [1.807, 2.05) is 0 Å². The summed E-state index contributed by atoms with van der Waals surface area (Å²) in [4.78, 5) is 0. The Morgan fingerprint density at radius 3 is 2.53 bits per heavy atom. The second kappa shape index (κ2) is 4.82. The zero-order chi connectivity index (χ0) is 13.3. The van der Waals surface area contributed by atoms with Gasteiger partial charge in [0.05, 0.1) is 0 Å². The first-order chi connectivity index (χ1) is 9.19. The molecule has 2 aromatic rings. The van der Waals surface area contributed by atoms with Gasteiger partial charge in [0, 0.05) is 5.54 Å². The Bertz CT molecular complexity index is 565. The van der Waals surface area contributed by atoms with Crippen LogP contribution in [0.3, 0.4) is 0 Å². The van der Waals surface area contributed by atoms with Gasteiger partial charge in [-0.1, -0.05) is 42.5 Å². The topological polar surface area (TPSA) is 12.0 Å². The molecule has 1 aliphatic rings. The summed E-state index contributed by atoms with van der Waals surface area (Å²) in [6, 6.07) is 17.6. The number of aryl methyl sites for hydroxylation is 1. The van der Waals surface area contributed by atoms with Gasteiger partial charge < -0.3 is 5.32 Å². The molecule has 1 heterocycles. The Hall–Kier alpha value is -1.60. The first kappa shape index (κ1) is 12.4. The van der Waals surface area contributed by atoms with Crippen molar-refractivity contribution in [3.8, 4) is 11.1 Å². The summed E-state index contributed by atoms with van der Waals surface area (Å²) in [5.74, 6) is 0. The van der Waals surface area contributed by atoms with Crippen molar-refractivity contribution in [3.05, 3.63) is 59.7 Å². The average molecular weight is 251 g/mol. The summed E-state index contributed by atoms with van der Waals surface area (Å²) in [6.07, 6.45) is 2.50. The van der Waals surface area contributed by atoms with Gasteiger partial charge in [0.15, 0.2) is 0 Å². The van der Waals surface area contributed by atoms with E-state index in [2.05, 4.69) is 67.7 Å². The van der Waals surface area contributed by atoms with Crippen molar-refractivity contribution in [1.82, 2.24) is 5.32 Å². The molecule has 0 aromatic heterocycles. The van der Waals surface area contributed by atoms with E-state index in [-0.39, 0.29) is 5.54 Å². The lowest BCUT2D eigenvalue weighted by Crippen LogP contribution is -2.33. The van der Waals surface area contributed by atoms with Gasteiger partial charge in [0.25, 0.3) is 0 Å². The molecule has 98 valence electrons. The van der Waals surface area contributed by atoms with Crippen LogP contribution >= 0.6 is 0 Å². The highest BCUT2D eigenvalue weighted by atomic mass is 15.0. The standard InChI is InChI=1S/C18H21N/c1-14-9-10-16(18(2)11-6-12-19-18)13-17(14)15-7-4-3-5-8-15/h3-5,7-10,13,19H,6,11-12H2,1-2H3. The average Bonchev–Trinajstić information content (AvgIpc) is 2.88. The molecular formula is C18H21N. The zero-order valence-electron chi connectivity index (χ0n) is 11.7. The fraction of sp³-hybridized carbons (Fsp3) is 0.333. The van der Waals surface area contributed by atoms with E-state index in [1.165, 1.54) is 35.1 Å². The summed E-state index contributed by atoms with van der Waals surface area (Å²) in [5.41, 5.74) is 5.57. The van der Waals surface area contributed by atoms with Crippen LogP contribution in [0.2, 0.25) is 0 Å². The Morgan fingerprint density at radius 1 is 1.05 bits per heavy atom. The summed E-state index contributed by atoms with van der Waals surface area (Å²) >= 11 is 0. The second-order valence-electron chi connectivity index (χ2n) is 5.76. The molecule has 1 saturated heterocycles. The highest BCUT2D eigenvalue weighted by molar-refractivity contribution is 5.68. The fourth-order valence-corrected chi connectivity index (χ4v) is 3.03. The maximum Gasteiger partial charge on any atom is 0.0406 e. The lowest BCUT2D eigenvalue weighted by Gasteiger charge is -2.26. The molecule has 0 radical (unpaired) electrons. The van der Waals surface area contributed by atoms with Crippen molar-refractivity contribution < 1.29 is 0 Å². The Balaban J connectivity index is 2.06. The van der Waals surface area contributed by atoms with Crippen LogP contribution in [0.5, 0.6) is 0 Å². The van der Waals surface area contributed by atoms with Crippen LogP contribution in [0, 0.1) is 6.92 Å². The first-order valence-electron chi connectivity index (χ1n) is 7.11. The lowest BCUT2D eigenvalue weighted by atomic mass is 9.87. The molecule has 2 aromatic carbocycles. The van der Waals surface area contributed by atoms with Crippen molar-refractivity contribution in [2.75, 3.05) is 6.54 Å². The lowest BCUT2D eigenvalue weighted by molar-refractivity contribution is 0.435. The predicted octanol–water partition coefficient (Wildman–Crippen LogP) is 4.26. The molecule has 0 aliphatic carbocycles. The Labute approximate surface area is 115 Å². The van der Waals surface area contributed by atoms with Crippen LogP contribution < -0.4 is 5.32 Å². The molecule has 1 nitrogen and oxygen atoms in total. The number of hydrogen-bond acceptors (Lipinski definition) is 1. The molecule has 0 saturated carbocycles. The molecule has 0 amide bonds. The van der Waals surface area contributed by atoms with Gasteiger partial charge in [-0.05, 0) is 61.6 Å². The van der Waals surface area contributed by atoms with Crippen LogP contribution in [0.1, 0.15) is 30.9 Å². The number of benzene rings is 2. The van der Waals surface area contributed by atoms with Crippen LogP contribution in [0.15, 0.2) is 48.5 Å². The predicted molar refractivity (Wildman–Crippen MR) is 81.2 cm³/mol. The van der Waals surface area contributed by atoms with E-state index in [0.29, 0.717) is 0 Å². The zero-order valence-corrected chi connectivity index (χ0v) is 11.7. The quantitative estimate of drug-likeness (QED) is 0.841. The van der Waals surface area contributed by atoms with Gasteiger partial charge in [-0.3, -0.25) is 0 Å². The highest BCUT2D eigenvalue weighted by Crippen LogP contribution is 2.34. The van der Waals surface area contributed by atoms with E-state index >= 15 is 0 Å². The molecule has 1 atom stereocenters. The third kappa shape index (κ3) is 2.31. The van der Waals surface area contributed by atoms with Crippen molar-refractivity contribution in [2.24, 2.45) is 0 Å². The van der Waals surface area contributed by atoms with Crippen molar-refractivity contribution >= 4 is 0 Å². The second-order valence-corrected chi connectivity index (χ2v) is 5.76. The van der Waals surface area contributed by atoms with Gasteiger partial charge in [-0.2, -0.15) is 0 Å². The smallest absolute Gasteiger partial charge is 0.0406 e. The van der Waals surface area contributed by atoms with Gasteiger partial charge in [0.2, 0.25) is 0 Å². The minimum absolute atomic E-state index is 0.150. The summed E-state index contributed by atoms with van der Waals surface area (Å²) < 4.78 is 0. The largest absolute Gasteiger partial charge is 0.308 e. The highest BCUT2D eigenvalue weighted by Gasteiger charge is 2.30. The molecule has 1 N–H and O–H groups in total. The summed E-state index contributed by atoms with van der Waals surface area (Å²) in [6.45, 7) is 5.64. The fourth-order valence-electron chi connectivity index (χ4n) is 3.03. The molecule has 1 aliphatic heterocycles. The van der Waals surface area contributed by atoms with Crippen LogP contribution in [0.25, 0.3) is 11.1 Å². The van der Waals surface area contributed by atoms with Crippen LogP contribution in [0.4, 0.5) is 0 Å². The number of nitrogens with one attached hydrogen (secondary N) is 1. The van der Waals surface area contributed by atoms with E-state index in [9.17, 15) is 0 Å². The maximum atomic E-state index is 3.65. The summed E-state index contributed by atoms with van der Waals surface area (Å²) in [7, 11) is 0. The molecule has 1 unspecified atom stereocenters. The van der Waals surface area contributed by atoms with E-state index < -0.39 is 0 Å². The van der Waals surface area contributed by atoms with Gasteiger partial charge in [0.1, 0.15) is 0 Å². The Kier molecular flexibility index (Phi) is 3.16. The SMILES string of the molecule is Cc1ccc(C2(C)CCCN2)cc1-c1ccccc1. The van der Waals surface area contributed by atoms with E-state index in [0.717, 1.165) is 6.54 Å². The van der Waals surface area contributed by atoms with Gasteiger partial charge in [-0.15, -0.1) is 0 Å². The molecule has 1 fully saturated rings. The normalized spacial score (nSPS) is 22.6. The van der Waals surface area contributed by atoms with Crippen molar-refractivity contribution in [3.63, 3.8) is 0 Å². The molecular weight excluding hydrogens is 230 g/mol. The van der Waals surface area contributed by atoms with Crippen LogP contribution in [-0.2, 0) is 5.54 Å². The first-order valence-corrected chi connectivity index (χ1v) is 7.11. The monoisotopic (exact) mass is 251 g/mol. The molecule has 0 bridgehead atoms.